The summed E-state index contributed by atoms with van der Waals surface area (Å²) >= 11 is 0. The molecule has 0 aliphatic heterocycles. The van der Waals surface area contributed by atoms with Gasteiger partial charge in [0.05, 0.1) is 25.4 Å². The molecule has 0 aromatic rings. The maximum Gasteiger partial charge on any atom is 0.305 e. The number of aliphatic hydroxyl groups excluding tert-OH is 2. The van der Waals surface area contributed by atoms with E-state index in [1.54, 1.807) is 0 Å². The molecule has 0 aromatic carbocycles. The van der Waals surface area contributed by atoms with Crippen molar-refractivity contribution in [1.82, 2.24) is 5.32 Å². The monoisotopic (exact) mass is 1100 g/mol. The first-order valence-electron chi connectivity index (χ1n) is 35.6. The van der Waals surface area contributed by atoms with E-state index < -0.39 is 12.1 Å². The predicted molar refractivity (Wildman–Crippen MR) is 343 cm³/mol. The standard InChI is InChI=1S/C72H139NO5/c1-3-5-7-9-11-13-15-16-17-35-38-41-45-48-52-56-60-64-70(75)69(68-74)73-71(76)65-61-57-53-49-46-42-39-36-33-31-29-27-25-23-21-19-18-20-22-24-26-28-30-32-34-37-40-43-47-51-55-59-63-67-78-72(77)66-62-58-54-50-44-14-12-10-8-6-4-2/h10,12,22,24,69-70,74-75H,3-9,11,13-21,23,25-68H2,1-2H3,(H,73,76)/b12-10-,24-22-. The van der Waals surface area contributed by atoms with Crippen LogP contribution in [0.4, 0.5) is 0 Å². The van der Waals surface area contributed by atoms with Crippen LogP contribution in [0.2, 0.25) is 0 Å². The van der Waals surface area contributed by atoms with Gasteiger partial charge in [-0.25, -0.2) is 0 Å². The van der Waals surface area contributed by atoms with Crippen LogP contribution < -0.4 is 5.32 Å². The van der Waals surface area contributed by atoms with E-state index in [1.165, 1.54) is 321 Å². The van der Waals surface area contributed by atoms with Gasteiger partial charge in [-0.1, -0.05) is 340 Å². The molecule has 0 saturated carbocycles. The number of allylic oxidation sites excluding steroid dienone is 4. The molecule has 0 aliphatic rings. The first kappa shape index (κ1) is 76.3. The number of amides is 1. The van der Waals surface area contributed by atoms with E-state index in [0.29, 0.717) is 25.9 Å². The molecule has 0 bridgehead atoms. The van der Waals surface area contributed by atoms with Crippen LogP contribution in [0.1, 0.15) is 399 Å². The van der Waals surface area contributed by atoms with E-state index in [1.807, 2.05) is 0 Å². The van der Waals surface area contributed by atoms with Crippen LogP contribution in [0.15, 0.2) is 24.3 Å². The van der Waals surface area contributed by atoms with Crippen LogP contribution in [-0.4, -0.2) is 47.4 Å². The van der Waals surface area contributed by atoms with Gasteiger partial charge in [-0.3, -0.25) is 9.59 Å². The highest BCUT2D eigenvalue weighted by molar-refractivity contribution is 5.76. The average Bonchev–Trinajstić information content (AvgIpc) is 3.44. The van der Waals surface area contributed by atoms with Gasteiger partial charge < -0.3 is 20.3 Å². The van der Waals surface area contributed by atoms with Crippen molar-refractivity contribution < 1.29 is 24.5 Å². The Kier molecular flexibility index (Phi) is 66.4. The SMILES string of the molecule is CCCC/C=C\CCCCCCCC(=O)OCCCCCCCCCCCCCC/C=C\CCCCCCCCCCCCCCCCCCCC(=O)NC(CO)C(O)CCCCCCCCCCCCCCCCCCC. The van der Waals surface area contributed by atoms with Crippen LogP contribution in [0.3, 0.4) is 0 Å². The molecule has 3 N–H and O–H groups in total. The number of unbranched alkanes of at least 4 members (excludes halogenated alkanes) is 52. The lowest BCUT2D eigenvalue weighted by Crippen LogP contribution is -2.45. The number of ether oxygens (including phenoxy) is 1. The minimum atomic E-state index is -0.662. The fourth-order valence-corrected chi connectivity index (χ4v) is 11.3. The second kappa shape index (κ2) is 67.8. The number of carbonyl (C=O) groups excluding carboxylic acids is 2. The third-order valence-electron chi connectivity index (χ3n) is 16.7. The van der Waals surface area contributed by atoms with Crippen LogP contribution in [0.5, 0.6) is 0 Å². The highest BCUT2D eigenvalue weighted by Gasteiger charge is 2.20. The van der Waals surface area contributed by atoms with E-state index in [0.717, 1.165) is 44.9 Å². The number of rotatable bonds is 67. The zero-order chi connectivity index (χ0) is 56.4. The Balaban J connectivity index is 3.35. The highest BCUT2D eigenvalue weighted by atomic mass is 16.5. The lowest BCUT2D eigenvalue weighted by atomic mass is 10.0. The lowest BCUT2D eigenvalue weighted by molar-refractivity contribution is -0.143. The fourth-order valence-electron chi connectivity index (χ4n) is 11.3. The maximum atomic E-state index is 12.5. The Hall–Kier alpha value is -1.66. The number of carbonyl (C=O) groups is 2. The van der Waals surface area contributed by atoms with Crippen molar-refractivity contribution in [3.05, 3.63) is 24.3 Å². The first-order chi connectivity index (χ1) is 38.5. The largest absolute Gasteiger partial charge is 0.466 e. The molecular weight excluding hydrogens is 959 g/mol. The molecule has 0 aliphatic carbocycles. The van der Waals surface area contributed by atoms with Gasteiger partial charge in [0.1, 0.15) is 0 Å². The van der Waals surface area contributed by atoms with Crippen LogP contribution in [0.25, 0.3) is 0 Å². The minimum Gasteiger partial charge on any atom is -0.466 e. The molecule has 6 nitrogen and oxygen atoms in total. The summed E-state index contributed by atoms with van der Waals surface area (Å²) in [6, 6.07) is -0.539. The summed E-state index contributed by atoms with van der Waals surface area (Å²) in [6.07, 6.45) is 85.2. The number of hydrogen-bond donors (Lipinski definition) is 3. The normalized spacial score (nSPS) is 12.6. The molecule has 2 unspecified atom stereocenters. The predicted octanol–water partition coefficient (Wildman–Crippen LogP) is 22.9. The van der Waals surface area contributed by atoms with Gasteiger partial charge in [0.15, 0.2) is 0 Å². The molecule has 0 aromatic heterocycles. The Labute approximate surface area is 488 Å². The van der Waals surface area contributed by atoms with Gasteiger partial charge in [0.25, 0.3) is 0 Å². The second-order valence-corrected chi connectivity index (χ2v) is 24.6. The summed E-state index contributed by atoms with van der Waals surface area (Å²) in [5, 5.41) is 23.4. The number of esters is 1. The van der Waals surface area contributed by atoms with E-state index in [4.69, 9.17) is 4.74 Å². The topological polar surface area (TPSA) is 95.9 Å². The molecule has 0 fully saturated rings. The summed E-state index contributed by atoms with van der Waals surface area (Å²) < 4.78 is 5.47. The van der Waals surface area contributed by atoms with E-state index >= 15 is 0 Å². The van der Waals surface area contributed by atoms with Crippen molar-refractivity contribution in [2.45, 2.75) is 411 Å². The molecule has 462 valence electrons. The van der Waals surface area contributed by atoms with Crippen molar-refractivity contribution in [2.75, 3.05) is 13.2 Å². The third kappa shape index (κ3) is 63.5. The van der Waals surface area contributed by atoms with Crippen LogP contribution >= 0.6 is 0 Å². The van der Waals surface area contributed by atoms with Crippen molar-refractivity contribution in [1.29, 1.82) is 0 Å². The van der Waals surface area contributed by atoms with E-state index in [9.17, 15) is 19.8 Å². The summed E-state index contributed by atoms with van der Waals surface area (Å²) in [4.78, 5) is 24.5. The Morgan fingerprint density at radius 2 is 0.615 bits per heavy atom. The Bertz CT molecular complexity index is 1220. The number of aliphatic hydroxyl groups is 2. The zero-order valence-corrected chi connectivity index (χ0v) is 52.9. The van der Waals surface area contributed by atoms with Gasteiger partial charge in [-0.05, 0) is 70.6 Å². The lowest BCUT2D eigenvalue weighted by Gasteiger charge is -2.22. The zero-order valence-electron chi connectivity index (χ0n) is 52.9. The van der Waals surface area contributed by atoms with Crippen molar-refractivity contribution in [2.24, 2.45) is 0 Å². The Morgan fingerprint density at radius 3 is 0.949 bits per heavy atom. The van der Waals surface area contributed by atoms with Crippen LogP contribution in [0, 0.1) is 0 Å². The first-order valence-corrected chi connectivity index (χ1v) is 35.6. The van der Waals surface area contributed by atoms with Gasteiger partial charge >= 0.3 is 5.97 Å². The van der Waals surface area contributed by atoms with Gasteiger partial charge in [-0.15, -0.1) is 0 Å². The van der Waals surface area contributed by atoms with Crippen molar-refractivity contribution in [3.63, 3.8) is 0 Å². The van der Waals surface area contributed by atoms with E-state index in [2.05, 4.69) is 43.5 Å². The van der Waals surface area contributed by atoms with Gasteiger partial charge in [-0.2, -0.15) is 0 Å². The molecular formula is C72H139NO5. The minimum absolute atomic E-state index is 0.00804. The molecule has 2 atom stereocenters. The highest BCUT2D eigenvalue weighted by Crippen LogP contribution is 2.19. The maximum absolute atomic E-state index is 12.5. The van der Waals surface area contributed by atoms with Gasteiger partial charge in [0, 0.05) is 12.8 Å². The summed E-state index contributed by atoms with van der Waals surface area (Å²) in [7, 11) is 0. The molecule has 78 heavy (non-hydrogen) atoms. The molecule has 1 amide bonds. The summed E-state index contributed by atoms with van der Waals surface area (Å²) in [5.74, 6) is -0.0201. The molecule has 6 heteroatoms. The molecule has 0 rings (SSSR count). The number of hydrogen-bond acceptors (Lipinski definition) is 5. The van der Waals surface area contributed by atoms with Crippen molar-refractivity contribution in [3.8, 4) is 0 Å². The Morgan fingerprint density at radius 1 is 0.346 bits per heavy atom. The third-order valence-corrected chi connectivity index (χ3v) is 16.7. The van der Waals surface area contributed by atoms with Gasteiger partial charge in [0.2, 0.25) is 5.91 Å². The summed E-state index contributed by atoms with van der Waals surface area (Å²) in [5.41, 5.74) is 0. The van der Waals surface area contributed by atoms with Crippen LogP contribution in [-0.2, 0) is 14.3 Å². The number of nitrogens with one attached hydrogen (secondary N) is 1. The fraction of sp³-hybridized carbons (Fsp3) is 0.917. The molecule has 0 radical (unpaired) electrons. The van der Waals surface area contributed by atoms with Crippen molar-refractivity contribution >= 4 is 11.9 Å². The molecule has 0 spiro atoms. The van der Waals surface area contributed by atoms with E-state index in [-0.39, 0.29) is 18.5 Å². The molecule has 0 heterocycles. The summed E-state index contributed by atoms with van der Waals surface area (Å²) in [6.45, 7) is 4.95. The second-order valence-electron chi connectivity index (χ2n) is 24.6. The molecule has 0 saturated heterocycles. The smallest absolute Gasteiger partial charge is 0.305 e. The average molecular weight is 1100 g/mol. The quantitative estimate of drug-likeness (QED) is 0.0320.